The van der Waals surface area contributed by atoms with Gasteiger partial charge < -0.3 is 14.4 Å². The van der Waals surface area contributed by atoms with Crippen LogP contribution in [-0.2, 0) is 9.47 Å². The first-order chi connectivity index (χ1) is 10.5. The Kier molecular flexibility index (Phi) is 5.68. The fraction of sp³-hybridized carbons (Fsp3) is 0.667. The molecule has 122 valence electrons. The second kappa shape index (κ2) is 7.51. The Morgan fingerprint density at radius 3 is 2.59 bits per heavy atom. The summed E-state index contributed by atoms with van der Waals surface area (Å²) in [5.74, 6) is 0.264. The van der Waals surface area contributed by atoms with Gasteiger partial charge in [0, 0.05) is 33.2 Å². The third-order valence-corrected chi connectivity index (χ3v) is 3.68. The van der Waals surface area contributed by atoms with Gasteiger partial charge in [-0.1, -0.05) is 0 Å². The molecule has 1 aliphatic rings. The van der Waals surface area contributed by atoms with Gasteiger partial charge in [0.15, 0.2) is 11.5 Å². The van der Waals surface area contributed by atoms with Crippen molar-refractivity contribution in [3.05, 3.63) is 17.8 Å². The van der Waals surface area contributed by atoms with Crippen LogP contribution in [0.5, 0.6) is 0 Å². The topological polar surface area (TPSA) is 67.8 Å². The van der Waals surface area contributed by atoms with Crippen molar-refractivity contribution in [2.45, 2.75) is 26.1 Å². The first kappa shape index (κ1) is 16.6. The second-order valence-electron chi connectivity index (χ2n) is 5.71. The molecule has 0 radical (unpaired) electrons. The number of methoxy groups -OCH3 is 1. The molecule has 1 aliphatic heterocycles. The lowest BCUT2D eigenvalue weighted by Gasteiger charge is -2.36. The van der Waals surface area contributed by atoms with E-state index in [0.29, 0.717) is 0 Å². The summed E-state index contributed by atoms with van der Waals surface area (Å²) in [6.07, 6.45) is 0.543. The van der Waals surface area contributed by atoms with E-state index in [4.69, 9.17) is 4.74 Å². The van der Waals surface area contributed by atoms with Gasteiger partial charge in [0.25, 0.3) is 0 Å². The van der Waals surface area contributed by atoms with Crippen molar-refractivity contribution >= 4 is 11.8 Å². The van der Waals surface area contributed by atoms with Gasteiger partial charge in [0.1, 0.15) is 0 Å². The van der Waals surface area contributed by atoms with E-state index in [9.17, 15) is 4.79 Å². The maximum absolute atomic E-state index is 11.3. The van der Waals surface area contributed by atoms with Crippen LogP contribution in [0, 0.1) is 0 Å². The predicted molar refractivity (Wildman–Crippen MR) is 83.1 cm³/mol. The molecule has 0 saturated carbocycles. The van der Waals surface area contributed by atoms with Crippen molar-refractivity contribution in [2.24, 2.45) is 0 Å². The van der Waals surface area contributed by atoms with E-state index in [1.54, 1.807) is 12.1 Å². The maximum atomic E-state index is 11.3. The number of carbonyl (C=O) groups excluding carboxylic acids is 1. The Morgan fingerprint density at radius 2 is 2.05 bits per heavy atom. The number of anilines is 1. The van der Waals surface area contributed by atoms with E-state index in [2.05, 4.69) is 33.7 Å². The van der Waals surface area contributed by atoms with Crippen molar-refractivity contribution in [1.82, 2.24) is 15.1 Å². The molecule has 0 unspecified atom stereocenters. The number of hydrogen-bond donors (Lipinski definition) is 0. The molecule has 2 heterocycles. The van der Waals surface area contributed by atoms with E-state index < -0.39 is 5.97 Å². The summed E-state index contributed by atoms with van der Waals surface area (Å²) < 4.78 is 10.3. The third kappa shape index (κ3) is 4.38. The molecule has 7 nitrogen and oxygen atoms in total. The predicted octanol–water partition coefficient (Wildman–Crippen LogP) is 0.809. The largest absolute Gasteiger partial charge is 0.464 e. The highest BCUT2D eigenvalue weighted by molar-refractivity contribution is 5.86. The number of aromatic nitrogens is 2. The molecule has 0 aromatic carbocycles. The highest BCUT2D eigenvalue weighted by atomic mass is 16.5. The third-order valence-electron chi connectivity index (χ3n) is 3.68. The quantitative estimate of drug-likeness (QED) is 0.746. The van der Waals surface area contributed by atoms with Crippen molar-refractivity contribution < 1.29 is 14.3 Å². The summed E-state index contributed by atoms with van der Waals surface area (Å²) in [6.45, 7) is 7.88. The summed E-state index contributed by atoms with van der Waals surface area (Å²) >= 11 is 0. The van der Waals surface area contributed by atoms with Gasteiger partial charge in [-0.15, -0.1) is 10.2 Å². The lowest BCUT2D eigenvalue weighted by atomic mass is 10.2. The Bertz CT molecular complexity index is 484. The molecule has 0 N–H and O–H groups in total. The number of carbonyl (C=O) groups is 1. The number of hydrogen-bond acceptors (Lipinski definition) is 7. The lowest BCUT2D eigenvalue weighted by Crippen LogP contribution is -2.47. The summed E-state index contributed by atoms with van der Waals surface area (Å²) in [5.41, 5.74) is 0.218. The lowest BCUT2D eigenvalue weighted by molar-refractivity contribution is -0.0670. The summed E-state index contributed by atoms with van der Waals surface area (Å²) in [5, 5.41) is 7.96. The summed E-state index contributed by atoms with van der Waals surface area (Å²) in [7, 11) is 3.30. The highest BCUT2D eigenvalue weighted by Crippen LogP contribution is 2.12. The molecule has 1 fully saturated rings. The number of likely N-dealkylation sites (N-methyl/N-ethyl adjacent to an activating group) is 1. The molecule has 7 heteroatoms. The van der Waals surface area contributed by atoms with Crippen LogP contribution in [0.1, 0.15) is 24.3 Å². The first-order valence-electron chi connectivity index (χ1n) is 7.50. The number of esters is 1. The molecular weight excluding hydrogens is 284 g/mol. The van der Waals surface area contributed by atoms with Crippen molar-refractivity contribution in [3.63, 3.8) is 0 Å². The molecule has 1 aromatic rings. The average Bonchev–Trinajstić information content (AvgIpc) is 2.51. The minimum absolute atomic E-state index is 0.218. The van der Waals surface area contributed by atoms with Crippen LogP contribution >= 0.6 is 0 Å². The van der Waals surface area contributed by atoms with E-state index in [-0.39, 0.29) is 17.9 Å². The fourth-order valence-electron chi connectivity index (χ4n) is 2.62. The molecule has 0 bridgehead atoms. The number of ether oxygens (including phenoxy) is 2. The molecule has 0 amide bonds. The zero-order valence-electron chi connectivity index (χ0n) is 13.7. The summed E-state index contributed by atoms with van der Waals surface area (Å²) in [6, 6.07) is 3.41. The Labute approximate surface area is 131 Å². The SMILES string of the molecule is COC(=O)c1ccc(N(C)CCN2C[C@@H](C)O[C@@H](C)C2)nn1. The molecule has 1 saturated heterocycles. The Balaban J connectivity index is 1.86. The van der Waals surface area contributed by atoms with Crippen LogP contribution in [-0.4, -0.2) is 73.6 Å². The normalized spacial score (nSPS) is 22.4. The number of nitrogens with zero attached hydrogens (tertiary/aromatic N) is 4. The number of rotatable bonds is 5. The van der Waals surface area contributed by atoms with E-state index in [1.165, 1.54) is 7.11 Å². The standard InChI is InChI=1S/C15H24N4O3/c1-11-9-19(10-12(2)22-11)8-7-18(3)14-6-5-13(16-17-14)15(20)21-4/h5-6,11-12H,7-10H2,1-4H3/t11-,12+. The fourth-order valence-corrected chi connectivity index (χ4v) is 2.62. The van der Waals surface area contributed by atoms with Crippen LogP contribution in [0.3, 0.4) is 0 Å². The first-order valence-corrected chi connectivity index (χ1v) is 7.50. The van der Waals surface area contributed by atoms with Crippen LogP contribution in [0.2, 0.25) is 0 Å². The smallest absolute Gasteiger partial charge is 0.358 e. The molecule has 2 atom stereocenters. The van der Waals surface area contributed by atoms with Crippen molar-refractivity contribution in [1.29, 1.82) is 0 Å². The van der Waals surface area contributed by atoms with Crippen molar-refractivity contribution in [2.75, 3.05) is 45.2 Å². The zero-order valence-corrected chi connectivity index (χ0v) is 13.7. The number of morpholine rings is 1. The monoisotopic (exact) mass is 308 g/mol. The maximum Gasteiger partial charge on any atom is 0.358 e. The van der Waals surface area contributed by atoms with Crippen LogP contribution in [0.15, 0.2) is 12.1 Å². The Morgan fingerprint density at radius 1 is 1.36 bits per heavy atom. The Hall–Kier alpha value is -1.73. The van der Waals surface area contributed by atoms with Crippen LogP contribution < -0.4 is 4.90 Å². The molecule has 2 rings (SSSR count). The van der Waals surface area contributed by atoms with Gasteiger partial charge in [-0.3, -0.25) is 4.90 Å². The minimum atomic E-state index is -0.474. The van der Waals surface area contributed by atoms with Gasteiger partial charge in [-0.05, 0) is 26.0 Å². The molecule has 0 aliphatic carbocycles. The average molecular weight is 308 g/mol. The summed E-state index contributed by atoms with van der Waals surface area (Å²) in [4.78, 5) is 15.8. The van der Waals surface area contributed by atoms with Gasteiger partial charge in [-0.25, -0.2) is 4.79 Å². The molecule has 0 spiro atoms. The van der Waals surface area contributed by atoms with Gasteiger partial charge >= 0.3 is 5.97 Å². The van der Waals surface area contributed by atoms with Crippen molar-refractivity contribution in [3.8, 4) is 0 Å². The van der Waals surface area contributed by atoms with E-state index >= 15 is 0 Å². The molecular formula is C15H24N4O3. The second-order valence-corrected chi connectivity index (χ2v) is 5.71. The molecule has 1 aromatic heterocycles. The van der Waals surface area contributed by atoms with Gasteiger partial charge in [-0.2, -0.15) is 0 Å². The van der Waals surface area contributed by atoms with E-state index in [0.717, 1.165) is 32.0 Å². The molecule has 22 heavy (non-hydrogen) atoms. The van der Waals surface area contributed by atoms with Gasteiger partial charge in [0.05, 0.1) is 19.3 Å². The zero-order chi connectivity index (χ0) is 16.1. The van der Waals surface area contributed by atoms with Gasteiger partial charge in [0.2, 0.25) is 0 Å². The van der Waals surface area contributed by atoms with Crippen LogP contribution in [0.25, 0.3) is 0 Å². The highest BCUT2D eigenvalue weighted by Gasteiger charge is 2.22. The van der Waals surface area contributed by atoms with E-state index in [1.807, 2.05) is 11.9 Å². The minimum Gasteiger partial charge on any atom is -0.464 e. The van der Waals surface area contributed by atoms with Crippen LogP contribution in [0.4, 0.5) is 5.82 Å².